The number of hydrogen-bond acceptors (Lipinski definition) is 6. The third kappa shape index (κ3) is 8.69. The Morgan fingerprint density at radius 1 is 1.02 bits per heavy atom. The maximum Gasteiger partial charge on any atom is 0.240 e. The van der Waals surface area contributed by atoms with Crippen molar-refractivity contribution in [3.63, 3.8) is 0 Å². The highest BCUT2D eigenvalue weighted by molar-refractivity contribution is 7.88. The zero-order valence-corrected chi connectivity index (χ0v) is 27.5. The maximum absolute atomic E-state index is 15.0. The highest BCUT2D eigenvalue weighted by Gasteiger charge is 2.34. The van der Waals surface area contributed by atoms with E-state index in [0.29, 0.717) is 56.3 Å². The molecule has 11 heteroatoms. The van der Waals surface area contributed by atoms with E-state index < -0.39 is 22.1 Å². The minimum Gasteiger partial charge on any atom is -0.339 e. The van der Waals surface area contributed by atoms with Crippen LogP contribution in [0.2, 0.25) is 5.02 Å². The summed E-state index contributed by atoms with van der Waals surface area (Å²) in [5, 5.41) is 7.83. The Morgan fingerprint density at radius 2 is 1.69 bits per heavy atom. The highest BCUT2D eigenvalue weighted by atomic mass is 35.5. The third-order valence-corrected chi connectivity index (χ3v) is 10.6. The molecule has 1 amide bonds. The molecule has 2 heterocycles. The predicted octanol–water partition coefficient (Wildman–Crippen LogP) is 3.86. The molecule has 5 rings (SSSR count). The topological polar surface area (TPSA) is 85.0 Å². The van der Waals surface area contributed by atoms with Gasteiger partial charge in [-0.25, -0.2) is 17.1 Å². The van der Waals surface area contributed by atoms with E-state index in [9.17, 15) is 13.2 Å². The molecular formula is C34H43ClFN5O3S. The van der Waals surface area contributed by atoms with Gasteiger partial charge in [-0.2, -0.15) is 0 Å². The fourth-order valence-corrected chi connectivity index (χ4v) is 7.38. The fraction of sp³-hybridized carbons (Fsp3) is 0.441. The first kappa shape index (κ1) is 33.5. The Bertz CT molecular complexity index is 1550. The molecule has 2 N–H and O–H groups in total. The minimum absolute atomic E-state index is 0.0228. The van der Waals surface area contributed by atoms with Gasteiger partial charge in [-0.1, -0.05) is 73.1 Å². The predicted molar refractivity (Wildman–Crippen MR) is 177 cm³/mol. The molecule has 0 radical (unpaired) electrons. The molecule has 1 fully saturated rings. The fourth-order valence-electron chi connectivity index (χ4n) is 6.37. The van der Waals surface area contributed by atoms with Gasteiger partial charge in [-0.3, -0.25) is 9.69 Å². The van der Waals surface area contributed by atoms with Crippen LogP contribution in [0.3, 0.4) is 0 Å². The quantitative estimate of drug-likeness (QED) is 0.308. The van der Waals surface area contributed by atoms with Crippen molar-refractivity contribution in [1.29, 1.82) is 0 Å². The summed E-state index contributed by atoms with van der Waals surface area (Å²) in [6.07, 6.45) is 2.60. The normalized spacial score (nSPS) is 18.9. The second kappa shape index (κ2) is 15.2. The van der Waals surface area contributed by atoms with E-state index in [1.807, 2.05) is 29.2 Å². The van der Waals surface area contributed by atoms with Crippen molar-refractivity contribution in [3.8, 4) is 0 Å². The molecule has 0 saturated carbocycles. The summed E-state index contributed by atoms with van der Waals surface area (Å²) in [6, 6.07) is 21.9. The first-order valence-corrected chi connectivity index (χ1v) is 17.9. The summed E-state index contributed by atoms with van der Waals surface area (Å²) >= 11 is 6.13. The number of amides is 1. The van der Waals surface area contributed by atoms with Gasteiger partial charge < -0.3 is 15.5 Å². The van der Waals surface area contributed by atoms with Gasteiger partial charge in [-0.15, -0.1) is 0 Å². The molecule has 2 aliphatic rings. The number of halogens is 2. The summed E-state index contributed by atoms with van der Waals surface area (Å²) in [6.45, 7) is 5.59. The molecule has 2 aliphatic heterocycles. The van der Waals surface area contributed by atoms with Crippen LogP contribution in [0.25, 0.3) is 0 Å². The molecule has 45 heavy (non-hydrogen) atoms. The van der Waals surface area contributed by atoms with E-state index in [1.54, 1.807) is 25.1 Å². The standard InChI is InChI=1S/C34H43ClFN5O3S/c1-3-41(45(2,43)44)24-33(30-10-6-7-11-31(30)36)39-16-18-40(19-17-39)34(42)32(20-25-12-14-28(35)15-13-25)38-23-29-21-26-8-4-5-9-27(26)22-37-29/h4-15,29,32-33,37-38H,3,16-24H2,1-2H3. The molecule has 3 aromatic rings. The molecule has 0 spiro atoms. The van der Waals surface area contributed by atoms with Gasteiger partial charge in [0.05, 0.1) is 18.3 Å². The van der Waals surface area contributed by atoms with Gasteiger partial charge in [0.2, 0.25) is 15.9 Å². The maximum atomic E-state index is 15.0. The number of nitrogens with one attached hydrogen (secondary N) is 2. The summed E-state index contributed by atoms with van der Waals surface area (Å²) in [5.41, 5.74) is 4.13. The molecule has 3 aromatic carbocycles. The lowest BCUT2D eigenvalue weighted by Gasteiger charge is -2.41. The number of likely N-dealkylation sites (N-methyl/N-ethyl adjacent to an activating group) is 1. The number of benzene rings is 3. The number of rotatable bonds is 12. The number of sulfonamides is 1. The Labute approximate surface area is 271 Å². The zero-order valence-electron chi connectivity index (χ0n) is 26.0. The summed E-state index contributed by atoms with van der Waals surface area (Å²) < 4.78 is 41.3. The van der Waals surface area contributed by atoms with Crippen LogP contribution in [0.5, 0.6) is 0 Å². The molecule has 0 bridgehead atoms. The molecule has 3 unspecified atom stereocenters. The number of fused-ring (bicyclic) bond motifs is 1. The van der Waals surface area contributed by atoms with Gasteiger partial charge in [0, 0.05) is 69.0 Å². The summed E-state index contributed by atoms with van der Waals surface area (Å²) in [4.78, 5) is 18.0. The first-order valence-electron chi connectivity index (χ1n) is 15.6. The van der Waals surface area contributed by atoms with E-state index in [2.05, 4.69) is 39.8 Å². The molecule has 8 nitrogen and oxygen atoms in total. The van der Waals surface area contributed by atoms with Crippen LogP contribution < -0.4 is 10.6 Å². The number of hydrogen-bond donors (Lipinski definition) is 2. The van der Waals surface area contributed by atoms with Crippen molar-refractivity contribution >= 4 is 27.5 Å². The average Bonchev–Trinajstić information content (AvgIpc) is 3.04. The molecule has 0 aromatic heterocycles. The summed E-state index contributed by atoms with van der Waals surface area (Å²) in [5.74, 6) is -0.341. The minimum atomic E-state index is -3.47. The van der Waals surface area contributed by atoms with Crippen molar-refractivity contribution in [3.05, 3.63) is 106 Å². The molecule has 242 valence electrons. The highest BCUT2D eigenvalue weighted by Crippen LogP contribution is 2.27. The number of nitrogens with zero attached hydrogens (tertiary/aromatic N) is 3. The zero-order chi connectivity index (χ0) is 32.0. The molecule has 1 saturated heterocycles. The lowest BCUT2D eigenvalue weighted by Crippen LogP contribution is -2.57. The van der Waals surface area contributed by atoms with E-state index >= 15 is 4.39 Å². The van der Waals surface area contributed by atoms with E-state index in [4.69, 9.17) is 11.6 Å². The van der Waals surface area contributed by atoms with Crippen LogP contribution in [-0.4, -0.2) is 92.6 Å². The van der Waals surface area contributed by atoms with Gasteiger partial charge in [0.15, 0.2) is 0 Å². The number of carbonyl (C=O) groups excluding carboxylic acids is 1. The molecule has 3 atom stereocenters. The van der Waals surface area contributed by atoms with Crippen molar-refractivity contribution < 1.29 is 17.6 Å². The van der Waals surface area contributed by atoms with Crippen LogP contribution >= 0.6 is 11.6 Å². The average molecular weight is 656 g/mol. The number of piperazine rings is 1. The number of carbonyl (C=O) groups is 1. The lowest BCUT2D eigenvalue weighted by atomic mass is 9.95. The van der Waals surface area contributed by atoms with Crippen molar-refractivity contribution in [2.75, 3.05) is 52.1 Å². The first-order chi connectivity index (χ1) is 21.6. The van der Waals surface area contributed by atoms with Crippen molar-refractivity contribution in [2.24, 2.45) is 0 Å². The van der Waals surface area contributed by atoms with Gasteiger partial charge in [0.25, 0.3) is 0 Å². The van der Waals surface area contributed by atoms with Gasteiger partial charge in [0.1, 0.15) is 5.82 Å². The Morgan fingerprint density at radius 3 is 2.36 bits per heavy atom. The monoisotopic (exact) mass is 655 g/mol. The van der Waals surface area contributed by atoms with Crippen molar-refractivity contribution in [1.82, 2.24) is 24.7 Å². The Kier molecular flexibility index (Phi) is 11.3. The van der Waals surface area contributed by atoms with Crippen LogP contribution in [0.15, 0.2) is 72.8 Å². The Balaban J connectivity index is 1.28. The van der Waals surface area contributed by atoms with Crippen LogP contribution in [0.4, 0.5) is 4.39 Å². The van der Waals surface area contributed by atoms with Gasteiger partial charge >= 0.3 is 0 Å². The van der Waals surface area contributed by atoms with Crippen LogP contribution in [0.1, 0.15) is 35.2 Å². The van der Waals surface area contributed by atoms with Gasteiger partial charge in [-0.05, 0) is 47.7 Å². The Hall–Kier alpha value is -2.86. The smallest absolute Gasteiger partial charge is 0.240 e. The third-order valence-electron chi connectivity index (χ3n) is 8.96. The SMILES string of the molecule is CCN(CC(c1ccccc1F)N1CCN(C(=O)C(Cc2ccc(Cl)cc2)NCC2Cc3ccccc3CN2)CC1)S(C)(=O)=O. The van der Waals surface area contributed by atoms with E-state index in [1.165, 1.54) is 27.8 Å². The van der Waals surface area contributed by atoms with Crippen LogP contribution in [-0.2, 0) is 34.2 Å². The van der Waals surface area contributed by atoms with E-state index in [0.717, 1.165) is 18.5 Å². The molecular weight excluding hydrogens is 613 g/mol. The van der Waals surface area contributed by atoms with E-state index in [-0.39, 0.29) is 24.3 Å². The second-order valence-electron chi connectivity index (χ2n) is 12.0. The van der Waals surface area contributed by atoms with Crippen molar-refractivity contribution in [2.45, 2.75) is 44.4 Å². The summed E-state index contributed by atoms with van der Waals surface area (Å²) in [7, 11) is -3.47. The van der Waals surface area contributed by atoms with Crippen LogP contribution in [0, 0.1) is 5.82 Å². The lowest BCUT2D eigenvalue weighted by molar-refractivity contribution is -0.135. The largest absolute Gasteiger partial charge is 0.339 e. The molecule has 0 aliphatic carbocycles. The second-order valence-corrected chi connectivity index (χ2v) is 14.4.